The van der Waals surface area contributed by atoms with Crippen LogP contribution in [0.25, 0.3) is 10.6 Å². The Balaban J connectivity index is 1.42. The Hall–Kier alpha value is -2.99. The Morgan fingerprint density at radius 2 is 1.75 bits per heavy atom. The summed E-state index contributed by atoms with van der Waals surface area (Å²) in [6, 6.07) is 19.3. The molecule has 0 bridgehead atoms. The van der Waals surface area contributed by atoms with Crippen molar-refractivity contribution in [2.24, 2.45) is 5.92 Å². The van der Waals surface area contributed by atoms with Gasteiger partial charge < -0.3 is 10.2 Å². The molecule has 1 saturated heterocycles. The van der Waals surface area contributed by atoms with Gasteiger partial charge in [-0.25, -0.2) is 4.98 Å². The monoisotopic (exact) mass is 391 g/mol. The van der Waals surface area contributed by atoms with E-state index in [9.17, 15) is 9.59 Å². The third kappa shape index (κ3) is 4.12. The van der Waals surface area contributed by atoms with Crippen LogP contribution in [0.4, 0.5) is 5.69 Å². The van der Waals surface area contributed by atoms with Crippen LogP contribution < -0.4 is 5.32 Å². The van der Waals surface area contributed by atoms with Gasteiger partial charge in [0.25, 0.3) is 5.91 Å². The summed E-state index contributed by atoms with van der Waals surface area (Å²) in [4.78, 5) is 31.8. The molecule has 0 spiro atoms. The van der Waals surface area contributed by atoms with Gasteiger partial charge >= 0.3 is 0 Å². The van der Waals surface area contributed by atoms with Gasteiger partial charge in [0.2, 0.25) is 5.91 Å². The predicted molar refractivity (Wildman–Crippen MR) is 111 cm³/mol. The van der Waals surface area contributed by atoms with Crippen molar-refractivity contribution in [3.8, 4) is 10.6 Å². The molecule has 1 aliphatic rings. The second-order valence-corrected chi connectivity index (χ2v) is 7.71. The number of amides is 2. The van der Waals surface area contributed by atoms with Gasteiger partial charge in [-0.3, -0.25) is 9.59 Å². The average Bonchev–Trinajstić information content (AvgIpc) is 3.25. The Labute approximate surface area is 168 Å². The van der Waals surface area contributed by atoms with Crippen LogP contribution in [0.15, 0.2) is 66.0 Å². The number of carbonyl (C=O) groups is 2. The maximum absolute atomic E-state index is 12.9. The second kappa shape index (κ2) is 8.35. The van der Waals surface area contributed by atoms with Crippen molar-refractivity contribution >= 4 is 28.8 Å². The number of hydrogen-bond donors (Lipinski definition) is 1. The van der Waals surface area contributed by atoms with E-state index in [1.54, 1.807) is 10.3 Å². The van der Waals surface area contributed by atoms with Crippen LogP contribution in [0.2, 0.25) is 0 Å². The van der Waals surface area contributed by atoms with E-state index in [1.807, 2.05) is 60.7 Å². The highest BCUT2D eigenvalue weighted by Crippen LogP contribution is 2.25. The molecule has 1 aromatic heterocycles. The number of aromatic nitrogens is 1. The molecule has 0 saturated carbocycles. The van der Waals surface area contributed by atoms with E-state index < -0.39 is 0 Å². The number of hydrogen-bond acceptors (Lipinski definition) is 4. The van der Waals surface area contributed by atoms with E-state index in [1.165, 1.54) is 11.3 Å². The summed E-state index contributed by atoms with van der Waals surface area (Å²) >= 11 is 1.47. The first-order chi connectivity index (χ1) is 13.7. The molecule has 2 heterocycles. The summed E-state index contributed by atoms with van der Waals surface area (Å²) in [6.45, 7) is 1.09. The van der Waals surface area contributed by atoms with Crippen molar-refractivity contribution in [1.82, 2.24) is 9.88 Å². The molecular weight excluding hydrogens is 370 g/mol. The molecule has 142 valence electrons. The van der Waals surface area contributed by atoms with Gasteiger partial charge in [0, 0.05) is 29.7 Å². The minimum absolute atomic E-state index is 0.0352. The minimum atomic E-state index is -0.204. The number of carbonyl (C=O) groups excluding carboxylic acids is 2. The van der Waals surface area contributed by atoms with Crippen LogP contribution in [0.1, 0.15) is 23.3 Å². The molecule has 4 rings (SSSR count). The number of piperidine rings is 1. The minimum Gasteiger partial charge on any atom is -0.336 e. The molecule has 5 nitrogen and oxygen atoms in total. The van der Waals surface area contributed by atoms with Gasteiger partial charge in [-0.05, 0) is 25.0 Å². The first-order valence-corrected chi connectivity index (χ1v) is 10.2. The lowest BCUT2D eigenvalue weighted by Gasteiger charge is -2.31. The first kappa shape index (κ1) is 18.4. The second-order valence-electron chi connectivity index (χ2n) is 6.85. The van der Waals surface area contributed by atoms with E-state index in [4.69, 9.17) is 0 Å². The van der Waals surface area contributed by atoms with Crippen LogP contribution in [-0.2, 0) is 4.79 Å². The summed E-state index contributed by atoms with van der Waals surface area (Å²) in [7, 11) is 0. The topological polar surface area (TPSA) is 62.3 Å². The van der Waals surface area contributed by atoms with Crippen molar-refractivity contribution in [2.75, 3.05) is 18.4 Å². The summed E-state index contributed by atoms with van der Waals surface area (Å²) in [6.07, 6.45) is 1.60. The predicted octanol–water partition coefficient (Wildman–Crippen LogP) is 4.30. The molecule has 2 amide bonds. The molecule has 1 N–H and O–H groups in total. The standard InChI is InChI=1S/C22H21N3O2S/c26-20(23-18-11-5-2-6-12-18)17-10-7-13-25(14-17)22(27)19-15-28-21(24-19)16-8-3-1-4-9-16/h1-6,8-9,11-12,15,17H,7,10,13-14H2,(H,23,26). The number of benzene rings is 2. The van der Waals surface area contributed by atoms with Crippen LogP contribution in [0.3, 0.4) is 0 Å². The van der Waals surface area contributed by atoms with Crippen molar-refractivity contribution < 1.29 is 9.59 Å². The van der Waals surface area contributed by atoms with Crippen molar-refractivity contribution in [2.45, 2.75) is 12.8 Å². The Morgan fingerprint density at radius 1 is 1.04 bits per heavy atom. The fourth-order valence-electron chi connectivity index (χ4n) is 3.39. The third-order valence-electron chi connectivity index (χ3n) is 4.86. The fraction of sp³-hybridized carbons (Fsp3) is 0.227. The largest absolute Gasteiger partial charge is 0.336 e. The summed E-state index contributed by atoms with van der Waals surface area (Å²) in [5.41, 5.74) is 2.24. The normalized spacial score (nSPS) is 16.6. The number of thiazole rings is 1. The van der Waals surface area contributed by atoms with Crippen molar-refractivity contribution in [3.63, 3.8) is 0 Å². The van der Waals surface area contributed by atoms with Crippen molar-refractivity contribution in [1.29, 1.82) is 0 Å². The molecule has 6 heteroatoms. The zero-order valence-corrected chi connectivity index (χ0v) is 16.2. The number of likely N-dealkylation sites (tertiary alicyclic amines) is 1. The Bertz CT molecular complexity index is 956. The summed E-state index contributed by atoms with van der Waals surface area (Å²) in [5.74, 6) is -0.340. The third-order valence-corrected chi connectivity index (χ3v) is 5.76. The van der Waals surface area contributed by atoms with Gasteiger partial charge in [0.05, 0.1) is 5.92 Å². The van der Waals surface area contributed by atoms with Crippen LogP contribution >= 0.6 is 11.3 Å². The lowest BCUT2D eigenvalue weighted by molar-refractivity contribution is -0.121. The molecule has 1 unspecified atom stereocenters. The maximum atomic E-state index is 12.9. The molecule has 1 aliphatic heterocycles. The molecule has 28 heavy (non-hydrogen) atoms. The molecule has 1 fully saturated rings. The van der Waals surface area contributed by atoms with Gasteiger partial charge in [0.15, 0.2) is 0 Å². The smallest absolute Gasteiger partial charge is 0.273 e. The zero-order chi connectivity index (χ0) is 19.3. The van der Waals surface area contributed by atoms with E-state index in [0.717, 1.165) is 29.1 Å². The van der Waals surface area contributed by atoms with Gasteiger partial charge in [0.1, 0.15) is 10.7 Å². The highest BCUT2D eigenvalue weighted by atomic mass is 32.1. The maximum Gasteiger partial charge on any atom is 0.273 e. The number of anilines is 1. The van der Waals surface area contributed by atoms with E-state index in [2.05, 4.69) is 10.3 Å². The lowest BCUT2D eigenvalue weighted by atomic mass is 9.96. The molecule has 2 aromatic carbocycles. The highest BCUT2D eigenvalue weighted by Gasteiger charge is 2.30. The highest BCUT2D eigenvalue weighted by molar-refractivity contribution is 7.13. The van der Waals surface area contributed by atoms with E-state index in [-0.39, 0.29) is 17.7 Å². The quantitative estimate of drug-likeness (QED) is 0.721. The van der Waals surface area contributed by atoms with Crippen LogP contribution in [0, 0.1) is 5.92 Å². The Morgan fingerprint density at radius 3 is 2.50 bits per heavy atom. The summed E-state index contributed by atoms with van der Waals surface area (Å²) in [5, 5.41) is 5.58. The number of nitrogens with zero attached hydrogens (tertiary/aromatic N) is 2. The van der Waals surface area contributed by atoms with Gasteiger partial charge in [-0.15, -0.1) is 11.3 Å². The SMILES string of the molecule is O=C(Nc1ccccc1)C1CCCN(C(=O)c2csc(-c3ccccc3)n2)C1. The van der Waals surface area contributed by atoms with Gasteiger partial charge in [-0.1, -0.05) is 48.5 Å². The average molecular weight is 391 g/mol. The zero-order valence-electron chi connectivity index (χ0n) is 15.4. The molecule has 0 aliphatic carbocycles. The lowest BCUT2D eigenvalue weighted by Crippen LogP contribution is -2.43. The van der Waals surface area contributed by atoms with Crippen LogP contribution in [0.5, 0.6) is 0 Å². The number of para-hydroxylation sites is 1. The van der Waals surface area contributed by atoms with E-state index >= 15 is 0 Å². The van der Waals surface area contributed by atoms with Gasteiger partial charge in [-0.2, -0.15) is 0 Å². The molecule has 3 aromatic rings. The fourth-order valence-corrected chi connectivity index (χ4v) is 4.19. The molecule has 0 radical (unpaired) electrons. The Kier molecular flexibility index (Phi) is 5.48. The van der Waals surface area contributed by atoms with E-state index in [0.29, 0.717) is 18.8 Å². The number of nitrogens with one attached hydrogen (secondary N) is 1. The molecular formula is C22H21N3O2S. The van der Waals surface area contributed by atoms with Crippen LogP contribution in [-0.4, -0.2) is 34.8 Å². The number of rotatable bonds is 4. The first-order valence-electron chi connectivity index (χ1n) is 9.37. The summed E-state index contributed by atoms with van der Waals surface area (Å²) < 4.78 is 0. The molecule has 1 atom stereocenters. The van der Waals surface area contributed by atoms with Crippen molar-refractivity contribution in [3.05, 3.63) is 71.7 Å².